The van der Waals surface area contributed by atoms with E-state index in [0.29, 0.717) is 0 Å². The van der Waals surface area contributed by atoms with Gasteiger partial charge in [0.25, 0.3) is 0 Å². The molecule has 0 saturated heterocycles. The molecule has 0 saturated carbocycles. The first-order valence-electron chi connectivity index (χ1n) is 6.81. The third kappa shape index (κ3) is 5.31. The molecular formula is C17H20S3. The molecular weight excluding hydrogens is 300 g/mol. The smallest absolute Gasteiger partial charge is 0.0811 e. The monoisotopic (exact) mass is 320 g/mol. The fourth-order valence-corrected chi connectivity index (χ4v) is 4.93. The van der Waals surface area contributed by atoms with Crippen LogP contribution in [0.2, 0.25) is 0 Å². The van der Waals surface area contributed by atoms with Gasteiger partial charge in [-0.05, 0) is 35.5 Å². The van der Waals surface area contributed by atoms with Crippen LogP contribution in [0.3, 0.4) is 0 Å². The van der Waals surface area contributed by atoms with Crippen molar-refractivity contribution in [2.45, 2.75) is 12.8 Å². The third-order valence-corrected chi connectivity index (χ3v) is 6.99. The Kier molecular flexibility index (Phi) is 6.64. The van der Waals surface area contributed by atoms with Crippen molar-refractivity contribution in [2.24, 2.45) is 0 Å². The van der Waals surface area contributed by atoms with Crippen LogP contribution in [0.15, 0.2) is 60.7 Å². The topological polar surface area (TPSA) is 0 Å². The van der Waals surface area contributed by atoms with Gasteiger partial charge in [0, 0.05) is 0 Å². The molecule has 0 radical (unpaired) electrons. The molecule has 0 aromatic heterocycles. The van der Waals surface area contributed by atoms with Gasteiger partial charge >= 0.3 is 0 Å². The minimum atomic E-state index is -0.271. The fraction of sp³-hybridized carbons (Fsp3) is 0.235. The minimum absolute atomic E-state index is 0.271. The SMILES string of the molecule is S=C(S)[SH](CCc1ccccc1)CCc1ccccc1. The van der Waals surface area contributed by atoms with Crippen LogP contribution in [0.4, 0.5) is 0 Å². The van der Waals surface area contributed by atoms with Gasteiger partial charge in [0.1, 0.15) is 0 Å². The second-order valence-electron chi connectivity index (χ2n) is 4.74. The lowest BCUT2D eigenvalue weighted by molar-refractivity contribution is 1.12. The van der Waals surface area contributed by atoms with E-state index in [0.717, 1.165) is 27.9 Å². The van der Waals surface area contributed by atoms with Gasteiger partial charge in [0.2, 0.25) is 0 Å². The zero-order valence-electron chi connectivity index (χ0n) is 11.4. The molecule has 0 aliphatic carbocycles. The van der Waals surface area contributed by atoms with E-state index in [-0.39, 0.29) is 10.9 Å². The minimum Gasteiger partial charge on any atom is -0.211 e. The van der Waals surface area contributed by atoms with Gasteiger partial charge in [-0.15, -0.1) is 12.6 Å². The van der Waals surface area contributed by atoms with Gasteiger partial charge in [-0.25, -0.2) is 10.9 Å². The first-order chi connectivity index (χ1) is 9.75. The molecule has 20 heavy (non-hydrogen) atoms. The molecule has 0 aliphatic heterocycles. The molecule has 0 bridgehead atoms. The van der Waals surface area contributed by atoms with Gasteiger partial charge in [-0.3, -0.25) is 0 Å². The van der Waals surface area contributed by atoms with Gasteiger partial charge in [-0.1, -0.05) is 72.9 Å². The Morgan fingerprint density at radius 1 is 0.800 bits per heavy atom. The molecule has 2 aromatic carbocycles. The Balaban J connectivity index is 1.86. The molecule has 0 nitrogen and oxygen atoms in total. The van der Waals surface area contributed by atoms with E-state index < -0.39 is 0 Å². The molecule has 0 spiro atoms. The number of aryl methyl sites for hydroxylation is 2. The molecule has 0 fully saturated rings. The maximum Gasteiger partial charge on any atom is 0.0811 e. The number of hydrogen-bond donors (Lipinski definition) is 2. The maximum atomic E-state index is 5.34. The van der Waals surface area contributed by atoms with E-state index in [4.69, 9.17) is 12.2 Å². The Bertz CT molecular complexity index is 479. The fourth-order valence-electron chi connectivity index (χ4n) is 2.12. The molecule has 0 N–H and O–H groups in total. The number of thiol groups is 2. The summed E-state index contributed by atoms with van der Waals surface area (Å²) in [6.45, 7) is 0. The number of hydrogen-bond acceptors (Lipinski definition) is 1. The predicted molar refractivity (Wildman–Crippen MR) is 101 cm³/mol. The van der Waals surface area contributed by atoms with Crippen molar-refractivity contribution in [3.05, 3.63) is 71.8 Å². The third-order valence-electron chi connectivity index (χ3n) is 3.30. The Labute approximate surface area is 135 Å². The van der Waals surface area contributed by atoms with Crippen LogP contribution in [-0.4, -0.2) is 15.0 Å². The summed E-state index contributed by atoms with van der Waals surface area (Å²) in [6.07, 6.45) is 2.20. The molecule has 0 aliphatic rings. The molecule has 106 valence electrons. The normalized spacial score (nSPS) is 11.2. The molecule has 2 aromatic rings. The number of rotatable bonds is 6. The van der Waals surface area contributed by atoms with Gasteiger partial charge < -0.3 is 0 Å². The average molecular weight is 321 g/mol. The van der Waals surface area contributed by atoms with Gasteiger partial charge in [0.05, 0.1) is 3.53 Å². The van der Waals surface area contributed by atoms with E-state index in [1.54, 1.807) is 0 Å². The highest BCUT2D eigenvalue weighted by atomic mass is 32.3. The lowest BCUT2D eigenvalue weighted by Crippen LogP contribution is -2.04. The van der Waals surface area contributed by atoms with Crippen molar-refractivity contribution in [1.29, 1.82) is 0 Å². The summed E-state index contributed by atoms with van der Waals surface area (Å²) in [5, 5.41) is 0. The van der Waals surface area contributed by atoms with E-state index >= 15 is 0 Å². The van der Waals surface area contributed by atoms with Crippen LogP contribution in [0.1, 0.15) is 11.1 Å². The maximum absolute atomic E-state index is 5.34. The Morgan fingerprint density at radius 2 is 1.20 bits per heavy atom. The lowest BCUT2D eigenvalue weighted by atomic mass is 10.2. The van der Waals surface area contributed by atoms with E-state index in [2.05, 4.69) is 73.3 Å². The van der Waals surface area contributed by atoms with Crippen LogP contribution in [0, 0.1) is 0 Å². The van der Waals surface area contributed by atoms with Crippen molar-refractivity contribution >= 4 is 39.3 Å². The Morgan fingerprint density at radius 3 is 1.55 bits per heavy atom. The highest BCUT2D eigenvalue weighted by molar-refractivity contribution is 8.50. The average Bonchev–Trinajstić information content (AvgIpc) is 2.49. The van der Waals surface area contributed by atoms with Crippen LogP contribution < -0.4 is 0 Å². The first-order valence-corrected chi connectivity index (χ1v) is 9.38. The summed E-state index contributed by atoms with van der Waals surface area (Å²) in [6, 6.07) is 21.3. The van der Waals surface area contributed by atoms with E-state index in [1.165, 1.54) is 11.1 Å². The zero-order chi connectivity index (χ0) is 14.2. The first kappa shape index (κ1) is 15.6. The van der Waals surface area contributed by atoms with Crippen molar-refractivity contribution < 1.29 is 0 Å². The summed E-state index contributed by atoms with van der Waals surface area (Å²) >= 11 is 9.79. The van der Waals surface area contributed by atoms with E-state index in [1.807, 2.05) is 0 Å². The number of thiocarbonyl (C=S) groups is 1. The summed E-state index contributed by atoms with van der Waals surface area (Å²) in [5.41, 5.74) is 2.79. The summed E-state index contributed by atoms with van der Waals surface area (Å²) in [4.78, 5) is 0. The molecule has 0 heterocycles. The van der Waals surface area contributed by atoms with E-state index in [9.17, 15) is 0 Å². The summed E-state index contributed by atoms with van der Waals surface area (Å²) in [7, 11) is -0.271. The molecule has 2 rings (SSSR count). The van der Waals surface area contributed by atoms with Crippen molar-refractivity contribution in [2.75, 3.05) is 11.5 Å². The second kappa shape index (κ2) is 8.50. The standard InChI is InChI=1S/C17H20S3/c18-17(19)20(13-11-15-7-3-1-4-8-15)14-12-16-9-5-2-6-10-16/h1-10,20H,11-14H2,(H,18,19). The van der Waals surface area contributed by atoms with Crippen LogP contribution in [0.5, 0.6) is 0 Å². The molecule has 0 unspecified atom stereocenters. The van der Waals surface area contributed by atoms with Crippen LogP contribution in [0.25, 0.3) is 0 Å². The second-order valence-corrected chi connectivity index (χ2v) is 8.98. The van der Waals surface area contributed by atoms with Crippen LogP contribution >= 0.6 is 35.7 Å². The van der Waals surface area contributed by atoms with Crippen molar-refractivity contribution in [1.82, 2.24) is 0 Å². The quantitative estimate of drug-likeness (QED) is 0.575. The number of benzene rings is 2. The molecule has 3 heteroatoms. The van der Waals surface area contributed by atoms with Gasteiger partial charge in [-0.2, -0.15) is 0 Å². The van der Waals surface area contributed by atoms with Crippen molar-refractivity contribution in [3.63, 3.8) is 0 Å². The highest BCUT2D eigenvalue weighted by Gasteiger charge is 2.08. The molecule has 0 atom stereocenters. The van der Waals surface area contributed by atoms with Gasteiger partial charge in [0.15, 0.2) is 0 Å². The largest absolute Gasteiger partial charge is 0.211 e. The lowest BCUT2D eigenvalue weighted by Gasteiger charge is -2.20. The summed E-state index contributed by atoms with van der Waals surface area (Å²) < 4.78 is 0.909. The Hall–Kier alpha value is -0.770. The molecule has 0 amide bonds. The predicted octanol–water partition coefficient (Wildman–Crippen LogP) is 4.69. The highest BCUT2D eigenvalue weighted by Crippen LogP contribution is 2.31. The van der Waals surface area contributed by atoms with Crippen LogP contribution in [-0.2, 0) is 12.8 Å². The van der Waals surface area contributed by atoms with Crippen molar-refractivity contribution in [3.8, 4) is 0 Å². The zero-order valence-corrected chi connectivity index (χ0v) is 14.0. The summed E-state index contributed by atoms with van der Waals surface area (Å²) in [5.74, 6) is 2.29.